The Bertz CT molecular complexity index is 708. The Morgan fingerprint density at radius 2 is 1.96 bits per heavy atom. The summed E-state index contributed by atoms with van der Waals surface area (Å²) in [5.74, 6) is -1.03. The van der Waals surface area contributed by atoms with Crippen molar-refractivity contribution >= 4 is 39.6 Å². The van der Waals surface area contributed by atoms with Crippen LogP contribution in [0, 0.1) is 0 Å². The molecule has 1 aliphatic rings. The standard InChI is InChI=1S/C17H17BrClF3O3/c1-16(2,3)11-8-13-9(7-12(11)19)6-10(15(23)24-5-4-18)14(25-13)17(20,21)22/h6-8,14H,4-5H2,1-3H3. The first-order valence-electron chi connectivity index (χ1n) is 7.47. The Kier molecular flexibility index (Phi) is 5.78. The molecule has 0 amide bonds. The van der Waals surface area contributed by atoms with Crippen LogP contribution in [0.4, 0.5) is 13.2 Å². The molecule has 1 heterocycles. The van der Waals surface area contributed by atoms with E-state index in [9.17, 15) is 18.0 Å². The number of ether oxygens (including phenoxy) is 2. The third-order valence-electron chi connectivity index (χ3n) is 3.59. The zero-order valence-corrected chi connectivity index (χ0v) is 16.2. The Hall–Kier alpha value is -1.21. The average molecular weight is 442 g/mol. The number of esters is 1. The van der Waals surface area contributed by atoms with Crippen LogP contribution in [0.15, 0.2) is 17.7 Å². The van der Waals surface area contributed by atoms with Crippen molar-refractivity contribution < 1.29 is 27.4 Å². The van der Waals surface area contributed by atoms with E-state index < -0.39 is 23.8 Å². The molecule has 3 nitrogen and oxygen atoms in total. The van der Waals surface area contributed by atoms with Crippen LogP contribution in [0.1, 0.15) is 31.9 Å². The summed E-state index contributed by atoms with van der Waals surface area (Å²) in [6.45, 7) is 5.63. The second-order valence-electron chi connectivity index (χ2n) is 6.58. The number of carbonyl (C=O) groups is 1. The summed E-state index contributed by atoms with van der Waals surface area (Å²) in [6, 6.07) is 3.00. The van der Waals surface area contributed by atoms with E-state index in [1.807, 2.05) is 20.8 Å². The normalized spacial score (nSPS) is 17.4. The fraction of sp³-hybridized carbons (Fsp3) is 0.471. The fourth-order valence-corrected chi connectivity index (χ4v) is 3.03. The number of fused-ring (bicyclic) bond motifs is 1. The van der Waals surface area contributed by atoms with Gasteiger partial charge in [-0.3, -0.25) is 0 Å². The van der Waals surface area contributed by atoms with Crippen LogP contribution >= 0.6 is 27.5 Å². The van der Waals surface area contributed by atoms with E-state index in [1.165, 1.54) is 12.1 Å². The molecule has 0 radical (unpaired) electrons. The van der Waals surface area contributed by atoms with E-state index >= 15 is 0 Å². The Morgan fingerprint density at radius 1 is 1.32 bits per heavy atom. The van der Waals surface area contributed by atoms with Crippen LogP contribution in [0.2, 0.25) is 5.02 Å². The molecular formula is C17H17BrClF3O3. The first-order valence-corrected chi connectivity index (χ1v) is 8.97. The topological polar surface area (TPSA) is 35.5 Å². The summed E-state index contributed by atoms with van der Waals surface area (Å²) in [7, 11) is 0. The number of hydrogen-bond acceptors (Lipinski definition) is 3. The zero-order chi connectivity index (χ0) is 19.0. The molecule has 0 fully saturated rings. The van der Waals surface area contributed by atoms with E-state index in [-0.39, 0.29) is 17.8 Å². The maximum absolute atomic E-state index is 13.4. The molecule has 0 bridgehead atoms. The molecule has 1 aliphatic heterocycles. The van der Waals surface area contributed by atoms with Crippen molar-refractivity contribution in [2.45, 2.75) is 38.5 Å². The fourth-order valence-electron chi connectivity index (χ4n) is 2.42. The molecule has 8 heteroatoms. The van der Waals surface area contributed by atoms with Crippen LogP contribution in [0.5, 0.6) is 5.75 Å². The first-order chi connectivity index (χ1) is 11.4. The molecule has 2 rings (SSSR count). The van der Waals surface area contributed by atoms with E-state index in [4.69, 9.17) is 21.1 Å². The van der Waals surface area contributed by atoms with Crippen molar-refractivity contribution in [3.8, 4) is 5.75 Å². The van der Waals surface area contributed by atoms with Gasteiger partial charge in [-0.2, -0.15) is 13.2 Å². The Morgan fingerprint density at radius 3 is 2.48 bits per heavy atom. The molecule has 0 aliphatic carbocycles. The first kappa shape index (κ1) is 20.1. The van der Waals surface area contributed by atoms with E-state index in [1.54, 1.807) is 0 Å². The lowest BCUT2D eigenvalue weighted by Crippen LogP contribution is -2.41. The molecule has 0 saturated heterocycles. The molecule has 0 spiro atoms. The molecule has 0 aromatic heterocycles. The predicted molar refractivity (Wildman–Crippen MR) is 93.4 cm³/mol. The number of benzene rings is 1. The molecule has 1 aromatic rings. The largest absolute Gasteiger partial charge is 0.475 e. The third-order valence-corrected chi connectivity index (χ3v) is 4.23. The van der Waals surface area contributed by atoms with Gasteiger partial charge in [-0.05, 0) is 29.2 Å². The minimum absolute atomic E-state index is 0.0358. The zero-order valence-electron chi connectivity index (χ0n) is 13.8. The highest BCUT2D eigenvalue weighted by molar-refractivity contribution is 9.09. The third kappa shape index (κ3) is 4.50. The van der Waals surface area contributed by atoms with Crippen LogP contribution in [-0.4, -0.2) is 30.2 Å². The maximum atomic E-state index is 13.4. The van der Waals surface area contributed by atoms with Crippen molar-refractivity contribution in [2.75, 3.05) is 11.9 Å². The molecule has 0 N–H and O–H groups in total. The van der Waals surface area contributed by atoms with Gasteiger partial charge in [-0.15, -0.1) is 0 Å². The number of hydrogen-bond donors (Lipinski definition) is 0. The summed E-state index contributed by atoms with van der Waals surface area (Å²) < 4.78 is 50.1. The van der Waals surface area contributed by atoms with Gasteiger partial charge in [0, 0.05) is 15.9 Å². The molecule has 1 aromatic carbocycles. The highest BCUT2D eigenvalue weighted by Gasteiger charge is 2.49. The summed E-state index contributed by atoms with van der Waals surface area (Å²) in [5, 5.41) is 0.714. The van der Waals surface area contributed by atoms with Crippen molar-refractivity contribution in [1.29, 1.82) is 0 Å². The summed E-state index contributed by atoms with van der Waals surface area (Å²) >= 11 is 9.30. The van der Waals surface area contributed by atoms with Gasteiger partial charge in [-0.1, -0.05) is 48.3 Å². The van der Waals surface area contributed by atoms with Crippen LogP contribution in [-0.2, 0) is 14.9 Å². The maximum Gasteiger partial charge on any atom is 0.430 e. The second-order valence-corrected chi connectivity index (χ2v) is 7.78. The lowest BCUT2D eigenvalue weighted by atomic mass is 9.85. The van der Waals surface area contributed by atoms with Crippen LogP contribution < -0.4 is 4.74 Å². The summed E-state index contributed by atoms with van der Waals surface area (Å²) in [4.78, 5) is 12.0. The van der Waals surface area contributed by atoms with Crippen molar-refractivity contribution in [1.82, 2.24) is 0 Å². The van der Waals surface area contributed by atoms with Gasteiger partial charge in [0.2, 0.25) is 6.10 Å². The quantitative estimate of drug-likeness (QED) is 0.473. The minimum atomic E-state index is -4.75. The second kappa shape index (κ2) is 7.19. The van der Waals surface area contributed by atoms with Gasteiger partial charge in [0.05, 0.1) is 5.57 Å². The van der Waals surface area contributed by atoms with Gasteiger partial charge in [0.25, 0.3) is 0 Å². The van der Waals surface area contributed by atoms with Gasteiger partial charge in [0.1, 0.15) is 12.4 Å². The summed E-state index contributed by atoms with van der Waals surface area (Å²) in [6.07, 6.45) is -6.00. The van der Waals surface area contributed by atoms with Crippen LogP contribution in [0.25, 0.3) is 6.08 Å². The molecule has 0 saturated carbocycles. The monoisotopic (exact) mass is 440 g/mol. The Labute approximate surface area is 157 Å². The smallest absolute Gasteiger partial charge is 0.430 e. The number of halogens is 5. The SMILES string of the molecule is CC(C)(C)c1cc2c(cc1Cl)C=C(C(=O)OCCBr)C(C(F)(F)F)O2. The number of carbonyl (C=O) groups excluding carboxylic acids is 1. The van der Waals surface area contributed by atoms with Gasteiger partial charge >= 0.3 is 12.1 Å². The van der Waals surface area contributed by atoms with Crippen LogP contribution in [0.3, 0.4) is 0 Å². The average Bonchev–Trinajstić information content (AvgIpc) is 2.48. The lowest BCUT2D eigenvalue weighted by Gasteiger charge is -2.30. The van der Waals surface area contributed by atoms with E-state index in [0.717, 1.165) is 6.08 Å². The number of rotatable bonds is 3. The van der Waals surface area contributed by atoms with Crippen molar-refractivity contribution in [2.24, 2.45) is 0 Å². The predicted octanol–water partition coefficient (Wildman–Crippen LogP) is 5.28. The molecule has 138 valence electrons. The molecule has 1 unspecified atom stereocenters. The van der Waals surface area contributed by atoms with Gasteiger partial charge in [0.15, 0.2) is 0 Å². The molecular weight excluding hydrogens is 425 g/mol. The van der Waals surface area contributed by atoms with Gasteiger partial charge in [-0.25, -0.2) is 4.79 Å². The highest BCUT2D eigenvalue weighted by Crippen LogP contribution is 2.42. The molecule has 1 atom stereocenters. The van der Waals surface area contributed by atoms with Crippen molar-refractivity contribution in [3.05, 3.63) is 33.9 Å². The van der Waals surface area contributed by atoms with Crippen molar-refractivity contribution in [3.63, 3.8) is 0 Å². The molecule has 25 heavy (non-hydrogen) atoms. The van der Waals surface area contributed by atoms with E-state index in [0.29, 0.717) is 21.5 Å². The minimum Gasteiger partial charge on any atom is -0.475 e. The highest BCUT2D eigenvalue weighted by atomic mass is 79.9. The Balaban J connectivity index is 2.53. The van der Waals surface area contributed by atoms with E-state index in [2.05, 4.69) is 15.9 Å². The number of alkyl halides is 4. The van der Waals surface area contributed by atoms with Gasteiger partial charge < -0.3 is 9.47 Å². The lowest BCUT2D eigenvalue weighted by molar-refractivity contribution is -0.187. The summed E-state index contributed by atoms with van der Waals surface area (Å²) in [5.41, 5.74) is -0.000447.